The zero-order chi connectivity index (χ0) is 13.2. The lowest BCUT2D eigenvalue weighted by Crippen LogP contribution is -2.35. The molecule has 2 amide bonds. The second-order valence-corrected chi connectivity index (χ2v) is 3.48. The molecule has 7 heteroatoms. The Morgan fingerprint density at radius 2 is 1.88 bits per heavy atom. The second-order valence-electron chi connectivity index (χ2n) is 3.48. The third-order valence-corrected chi connectivity index (χ3v) is 2.06. The van der Waals surface area contributed by atoms with Crippen molar-refractivity contribution in [3.63, 3.8) is 0 Å². The summed E-state index contributed by atoms with van der Waals surface area (Å²) in [6, 6.07) is 1.39. The maximum absolute atomic E-state index is 13.3. The summed E-state index contributed by atoms with van der Waals surface area (Å²) in [6.45, 7) is -0.366. The monoisotopic (exact) mass is 243 g/mol. The van der Waals surface area contributed by atoms with E-state index in [1.165, 1.54) is 7.05 Å². The van der Waals surface area contributed by atoms with E-state index >= 15 is 0 Å². The first-order chi connectivity index (χ1) is 7.82. The number of anilines is 1. The fraction of sp³-hybridized carbons (Fsp3) is 0.200. The van der Waals surface area contributed by atoms with Crippen molar-refractivity contribution in [3.05, 3.63) is 29.3 Å². The van der Waals surface area contributed by atoms with E-state index in [4.69, 9.17) is 11.5 Å². The molecule has 1 rings (SSSR count). The van der Waals surface area contributed by atoms with Gasteiger partial charge in [0, 0.05) is 13.1 Å². The number of benzene rings is 1. The van der Waals surface area contributed by atoms with E-state index in [1.54, 1.807) is 0 Å². The predicted molar refractivity (Wildman–Crippen MR) is 56.9 cm³/mol. The Bertz CT molecular complexity index is 477. The first-order valence-corrected chi connectivity index (χ1v) is 4.61. The van der Waals surface area contributed by atoms with Gasteiger partial charge >= 0.3 is 0 Å². The maximum atomic E-state index is 13.3. The molecule has 0 unspecified atom stereocenters. The zero-order valence-corrected chi connectivity index (χ0v) is 9.04. The van der Waals surface area contributed by atoms with Crippen molar-refractivity contribution in [3.8, 4) is 0 Å². The van der Waals surface area contributed by atoms with E-state index in [0.717, 1.165) is 11.0 Å². The number of carbonyl (C=O) groups is 2. The number of nitrogens with two attached hydrogens (primary N) is 2. The quantitative estimate of drug-likeness (QED) is 0.738. The van der Waals surface area contributed by atoms with E-state index < -0.39 is 29.0 Å². The number of hydrogen-bond donors (Lipinski definition) is 2. The van der Waals surface area contributed by atoms with Crippen molar-refractivity contribution in [2.45, 2.75) is 0 Å². The van der Waals surface area contributed by atoms with Crippen molar-refractivity contribution >= 4 is 17.5 Å². The normalized spacial score (nSPS) is 10.1. The van der Waals surface area contributed by atoms with Crippen LogP contribution in [0.2, 0.25) is 0 Å². The number of hydrogen-bond acceptors (Lipinski definition) is 3. The van der Waals surface area contributed by atoms with E-state index in [2.05, 4.69) is 0 Å². The maximum Gasteiger partial charge on any atom is 0.257 e. The van der Waals surface area contributed by atoms with Gasteiger partial charge < -0.3 is 16.4 Å². The van der Waals surface area contributed by atoms with Crippen LogP contribution in [0.15, 0.2) is 12.1 Å². The molecule has 5 nitrogen and oxygen atoms in total. The summed E-state index contributed by atoms with van der Waals surface area (Å²) in [5.74, 6) is -3.53. The van der Waals surface area contributed by atoms with Gasteiger partial charge in [0.25, 0.3) is 5.91 Å². The Balaban J connectivity index is 3.04. The molecule has 0 aromatic heterocycles. The van der Waals surface area contributed by atoms with Crippen molar-refractivity contribution in [2.75, 3.05) is 19.3 Å². The highest BCUT2D eigenvalue weighted by Crippen LogP contribution is 2.17. The van der Waals surface area contributed by atoms with Gasteiger partial charge in [0.1, 0.15) is 11.6 Å². The molecule has 0 atom stereocenters. The zero-order valence-electron chi connectivity index (χ0n) is 9.04. The summed E-state index contributed by atoms with van der Waals surface area (Å²) in [4.78, 5) is 23.2. The Morgan fingerprint density at radius 3 is 2.41 bits per heavy atom. The van der Waals surface area contributed by atoms with Crippen molar-refractivity contribution in [1.29, 1.82) is 0 Å². The minimum atomic E-state index is -1.04. The minimum Gasteiger partial charge on any atom is -0.396 e. The average molecular weight is 243 g/mol. The molecule has 0 fully saturated rings. The molecule has 0 radical (unpaired) electrons. The van der Waals surface area contributed by atoms with Crippen LogP contribution in [0, 0.1) is 11.6 Å². The average Bonchev–Trinajstić information content (AvgIpc) is 2.21. The highest BCUT2D eigenvalue weighted by Gasteiger charge is 2.19. The molecule has 0 saturated carbocycles. The molecule has 0 saturated heterocycles. The lowest BCUT2D eigenvalue weighted by Gasteiger charge is -2.15. The Kier molecular flexibility index (Phi) is 3.62. The molecule has 1 aromatic rings. The molecule has 1 aromatic carbocycles. The lowest BCUT2D eigenvalue weighted by atomic mass is 10.1. The molecule has 0 heterocycles. The third-order valence-electron chi connectivity index (χ3n) is 2.06. The number of nitrogen functional groups attached to an aromatic ring is 1. The van der Waals surface area contributed by atoms with E-state index in [9.17, 15) is 18.4 Å². The lowest BCUT2D eigenvalue weighted by molar-refractivity contribution is -0.118. The van der Waals surface area contributed by atoms with E-state index in [-0.39, 0.29) is 12.2 Å². The van der Waals surface area contributed by atoms with Gasteiger partial charge in [0.05, 0.1) is 17.8 Å². The number of likely N-dealkylation sites (N-methyl/N-ethyl adjacent to an activating group) is 1. The number of halogens is 2. The van der Waals surface area contributed by atoms with Crippen molar-refractivity contribution in [1.82, 2.24) is 4.90 Å². The van der Waals surface area contributed by atoms with Crippen LogP contribution < -0.4 is 11.5 Å². The summed E-state index contributed by atoms with van der Waals surface area (Å²) < 4.78 is 26.2. The van der Waals surface area contributed by atoms with Crippen LogP contribution in [-0.4, -0.2) is 30.3 Å². The first-order valence-electron chi connectivity index (χ1n) is 4.61. The number of rotatable bonds is 3. The smallest absolute Gasteiger partial charge is 0.257 e. The van der Waals surface area contributed by atoms with Crippen LogP contribution in [0.3, 0.4) is 0 Å². The van der Waals surface area contributed by atoms with Crippen LogP contribution in [-0.2, 0) is 4.79 Å². The second kappa shape index (κ2) is 4.77. The van der Waals surface area contributed by atoms with Crippen LogP contribution >= 0.6 is 0 Å². The molecular weight excluding hydrogens is 232 g/mol. The number of nitrogens with zero attached hydrogens (tertiary/aromatic N) is 1. The predicted octanol–water partition coefficient (Wildman–Crippen LogP) is 0.104. The highest BCUT2D eigenvalue weighted by molar-refractivity contribution is 5.97. The summed E-state index contributed by atoms with van der Waals surface area (Å²) in [5.41, 5.74) is 9.36. The van der Waals surface area contributed by atoms with Crippen LogP contribution in [0.25, 0.3) is 0 Å². The van der Waals surface area contributed by atoms with Crippen LogP contribution in [0.4, 0.5) is 14.5 Å². The first kappa shape index (κ1) is 12.9. The molecule has 4 N–H and O–H groups in total. The summed E-state index contributed by atoms with van der Waals surface area (Å²) in [5, 5.41) is 0. The molecule has 0 aliphatic carbocycles. The Hall–Kier alpha value is -2.18. The number of primary amides is 1. The van der Waals surface area contributed by atoms with Crippen LogP contribution in [0.5, 0.6) is 0 Å². The molecule has 0 aliphatic heterocycles. The van der Waals surface area contributed by atoms with Gasteiger partial charge in [0.15, 0.2) is 0 Å². The van der Waals surface area contributed by atoms with Gasteiger partial charge in [-0.25, -0.2) is 8.78 Å². The summed E-state index contributed by atoms with van der Waals surface area (Å²) in [7, 11) is 1.27. The van der Waals surface area contributed by atoms with Crippen molar-refractivity contribution < 1.29 is 18.4 Å². The van der Waals surface area contributed by atoms with Crippen LogP contribution in [0.1, 0.15) is 10.4 Å². The van der Waals surface area contributed by atoms with Gasteiger partial charge in [-0.2, -0.15) is 0 Å². The number of amides is 2. The van der Waals surface area contributed by atoms with Crippen molar-refractivity contribution in [2.24, 2.45) is 5.73 Å². The van der Waals surface area contributed by atoms with E-state index in [1.807, 2.05) is 0 Å². The summed E-state index contributed by atoms with van der Waals surface area (Å²) >= 11 is 0. The third kappa shape index (κ3) is 2.90. The molecule has 92 valence electrons. The fourth-order valence-electron chi connectivity index (χ4n) is 1.24. The van der Waals surface area contributed by atoms with Gasteiger partial charge in [-0.05, 0) is 6.07 Å². The largest absolute Gasteiger partial charge is 0.396 e. The topological polar surface area (TPSA) is 89.4 Å². The molecule has 0 spiro atoms. The fourth-order valence-corrected chi connectivity index (χ4v) is 1.24. The molecule has 17 heavy (non-hydrogen) atoms. The Labute approximate surface area is 96.0 Å². The Morgan fingerprint density at radius 1 is 1.29 bits per heavy atom. The highest BCUT2D eigenvalue weighted by atomic mass is 19.1. The van der Waals surface area contributed by atoms with Gasteiger partial charge in [0.2, 0.25) is 5.91 Å². The van der Waals surface area contributed by atoms with E-state index in [0.29, 0.717) is 6.07 Å². The standard InChI is InChI=1S/C10H11F2N3O2/c1-15(4-9(14)16)10(17)5-2-8(13)7(12)3-6(5)11/h2-3H,4,13H2,1H3,(H2,14,16). The molecule has 0 aliphatic rings. The SMILES string of the molecule is CN(CC(N)=O)C(=O)c1cc(N)c(F)cc1F. The number of carbonyl (C=O) groups excluding carboxylic acids is 2. The van der Waals surface area contributed by atoms with Gasteiger partial charge in [-0.15, -0.1) is 0 Å². The van der Waals surface area contributed by atoms with Gasteiger partial charge in [-0.3, -0.25) is 9.59 Å². The minimum absolute atomic E-state index is 0.345. The van der Waals surface area contributed by atoms with Gasteiger partial charge in [-0.1, -0.05) is 0 Å². The summed E-state index contributed by atoms with van der Waals surface area (Å²) in [6.07, 6.45) is 0. The molecule has 0 bridgehead atoms. The molecular formula is C10H11F2N3O2.